The van der Waals surface area contributed by atoms with E-state index in [9.17, 15) is 26.7 Å². The first-order valence-corrected chi connectivity index (χ1v) is 9.55. The highest BCUT2D eigenvalue weighted by molar-refractivity contribution is 5.89. The maximum Gasteiger partial charge on any atom is 0.435 e. The summed E-state index contributed by atoms with van der Waals surface area (Å²) in [6, 6.07) is 13.7. The Balaban J connectivity index is 1.73. The molecule has 0 unspecified atom stereocenters. The van der Waals surface area contributed by atoms with Crippen LogP contribution in [-0.4, -0.2) is 29.0 Å². The Morgan fingerprint density at radius 2 is 1.72 bits per heavy atom. The number of hydrogen-bond donors (Lipinski definition) is 0. The van der Waals surface area contributed by atoms with Gasteiger partial charge in [0, 0.05) is 0 Å². The Kier molecular flexibility index (Phi) is 5.62. The summed E-state index contributed by atoms with van der Waals surface area (Å²) in [6.07, 6.45) is -12.0. The predicted molar refractivity (Wildman–Crippen MR) is 103 cm³/mol. The van der Waals surface area contributed by atoms with Gasteiger partial charge in [-0.25, -0.2) is 13.6 Å². The van der Waals surface area contributed by atoms with Crippen molar-refractivity contribution in [1.82, 2.24) is 9.78 Å². The molecule has 5 nitrogen and oxygen atoms in total. The van der Waals surface area contributed by atoms with Crippen molar-refractivity contribution in [3.8, 4) is 5.75 Å². The lowest BCUT2D eigenvalue weighted by atomic mass is 10.1. The highest BCUT2D eigenvalue weighted by atomic mass is 19.4. The molecule has 4 rings (SSSR count). The second-order valence-corrected chi connectivity index (χ2v) is 7.19. The van der Waals surface area contributed by atoms with Gasteiger partial charge in [-0.3, -0.25) is 4.68 Å². The molecule has 1 aliphatic carbocycles. The minimum absolute atomic E-state index is 0.00254. The fourth-order valence-corrected chi connectivity index (χ4v) is 3.64. The van der Waals surface area contributed by atoms with Crippen molar-refractivity contribution in [2.45, 2.75) is 31.2 Å². The van der Waals surface area contributed by atoms with Gasteiger partial charge in [0.05, 0.1) is 30.5 Å². The first-order valence-electron chi connectivity index (χ1n) is 9.55. The molecule has 0 radical (unpaired) electrons. The van der Waals surface area contributed by atoms with Gasteiger partial charge in [-0.05, 0) is 29.8 Å². The van der Waals surface area contributed by atoms with E-state index in [1.807, 2.05) is 0 Å². The van der Waals surface area contributed by atoms with Gasteiger partial charge < -0.3 is 9.47 Å². The third-order valence-electron chi connectivity index (χ3n) is 5.15. The predicted octanol–water partition coefficient (Wildman–Crippen LogP) is 5.22. The molecule has 3 atom stereocenters. The zero-order chi connectivity index (χ0) is 23.0. The van der Waals surface area contributed by atoms with Crippen LogP contribution in [0.25, 0.3) is 0 Å². The number of carbonyl (C=O) groups excluding carboxylic acids is 1. The second kappa shape index (κ2) is 8.25. The Morgan fingerprint density at radius 3 is 2.31 bits per heavy atom. The molecule has 0 saturated heterocycles. The number of esters is 1. The Morgan fingerprint density at radius 1 is 1.06 bits per heavy atom. The molecular weight excluding hydrogens is 435 g/mol. The summed E-state index contributed by atoms with van der Waals surface area (Å²) in [6.45, 7) is -0.241. The number of halogens is 5. The van der Waals surface area contributed by atoms with Crippen molar-refractivity contribution in [2.75, 3.05) is 7.11 Å². The lowest BCUT2D eigenvalue weighted by Gasteiger charge is -2.17. The van der Waals surface area contributed by atoms with Gasteiger partial charge in [-0.1, -0.05) is 30.3 Å². The van der Waals surface area contributed by atoms with Crippen LogP contribution in [0.15, 0.2) is 54.6 Å². The average Bonchev–Trinajstić information content (AvgIpc) is 3.26. The largest absolute Gasteiger partial charge is 0.497 e. The maximum absolute atomic E-state index is 14.9. The molecule has 32 heavy (non-hydrogen) atoms. The minimum Gasteiger partial charge on any atom is -0.497 e. The molecule has 168 valence electrons. The lowest BCUT2D eigenvalue weighted by molar-refractivity contribution is -0.143. The molecule has 0 saturated carbocycles. The van der Waals surface area contributed by atoms with E-state index in [-0.39, 0.29) is 12.1 Å². The number of alkyl halides is 5. The Bertz CT molecular complexity index is 1110. The van der Waals surface area contributed by atoms with E-state index >= 15 is 0 Å². The van der Waals surface area contributed by atoms with Gasteiger partial charge in [0.1, 0.15) is 5.75 Å². The minimum atomic E-state index is -5.00. The third kappa shape index (κ3) is 3.92. The molecule has 0 N–H and O–H groups in total. The van der Waals surface area contributed by atoms with Crippen molar-refractivity contribution < 1.29 is 36.2 Å². The van der Waals surface area contributed by atoms with Gasteiger partial charge in [-0.2, -0.15) is 18.3 Å². The van der Waals surface area contributed by atoms with Crippen molar-refractivity contribution in [1.29, 1.82) is 0 Å². The van der Waals surface area contributed by atoms with Crippen LogP contribution in [0.1, 0.15) is 45.1 Å². The third-order valence-corrected chi connectivity index (χ3v) is 5.15. The summed E-state index contributed by atoms with van der Waals surface area (Å²) in [5.74, 6) is -0.537. The number of rotatable bonds is 5. The number of benzene rings is 2. The Labute approximate surface area is 179 Å². The number of fused-ring (bicyclic) bond motifs is 1. The number of carbonyl (C=O) groups is 1. The molecule has 0 spiro atoms. The highest BCUT2D eigenvalue weighted by Crippen LogP contribution is 2.50. The first kappa shape index (κ1) is 21.8. The number of nitrogens with zero attached hydrogens (tertiary/aromatic N) is 2. The molecular formula is C22H17F5N2O3. The molecule has 1 aliphatic rings. The van der Waals surface area contributed by atoms with Gasteiger partial charge in [0.15, 0.2) is 24.1 Å². The lowest BCUT2D eigenvalue weighted by Crippen LogP contribution is -2.22. The normalized spacial score (nSPS) is 20.1. The number of hydrogen-bond acceptors (Lipinski definition) is 4. The van der Waals surface area contributed by atoms with E-state index in [4.69, 9.17) is 9.47 Å². The van der Waals surface area contributed by atoms with Crippen molar-refractivity contribution in [3.05, 3.63) is 82.7 Å². The standard InChI is InChI=1S/C22H17F5N2O3/c1-31-14-9-7-12(8-10-14)11-29-18-15(20(28-29)22(25,26)27)19(17(24)16(18)23)32-21(30)13-5-3-2-4-6-13/h2-10,16-17,19H,11H2,1H3/t16-,17+,19-/m0/s1. The molecule has 2 aromatic carbocycles. The summed E-state index contributed by atoms with van der Waals surface area (Å²) >= 11 is 0. The summed E-state index contributed by atoms with van der Waals surface area (Å²) in [5, 5.41) is 3.52. The van der Waals surface area contributed by atoms with Crippen LogP contribution < -0.4 is 4.74 Å². The van der Waals surface area contributed by atoms with Crippen molar-refractivity contribution in [2.24, 2.45) is 0 Å². The van der Waals surface area contributed by atoms with Crippen LogP contribution in [0, 0.1) is 0 Å². The maximum atomic E-state index is 14.9. The van der Waals surface area contributed by atoms with E-state index in [1.54, 1.807) is 30.3 Å². The summed E-state index contributed by atoms with van der Waals surface area (Å²) in [4.78, 5) is 12.4. The van der Waals surface area contributed by atoms with Gasteiger partial charge in [0.25, 0.3) is 0 Å². The van der Waals surface area contributed by atoms with E-state index in [2.05, 4.69) is 5.10 Å². The molecule has 1 aromatic heterocycles. The van der Waals surface area contributed by atoms with Crippen LogP contribution in [0.4, 0.5) is 22.0 Å². The zero-order valence-corrected chi connectivity index (χ0v) is 16.6. The molecule has 10 heteroatoms. The smallest absolute Gasteiger partial charge is 0.435 e. The SMILES string of the molecule is COc1ccc(Cn2nc(C(F)(F)F)c3c2[C@@H](F)[C@@H](F)[C@H]3OC(=O)c2ccccc2)cc1. The average molecular weight is 452 g/mol. The topological polar surface area (TPSA) is 53.4 Å². The van der Waals surface area contributed by atoms with E-state index in [1.165, 1.54) is 31.4 Å². The Hall–Kier alpha value is -3.43. The van der Waals surface area contributed by atoms with E-state index < -0.39 is 47.5 Å². The van der Waals surface area contributed by atoms with Crippen LogP contribution in [0.5, 0.6) is 5.75 Å². The zero-order valence-electron chi connectivity index (χ0n) is 16.6. The second-order valence-electron chi connectivity index (χ2n) is 7.19. The molecule has 0 amide bonds. The number of aromatic nitrogens is 2. The highest BCUT2D eigenvalue weighted by Gasteiger charge is 2.54. The molecule has 0 aliphatic heterocycles. The fraction of sp³-hybridized carbons (Fsp3) is 0.273. The van der Waals surface area contributed by atoms with Gasteiger partial charge >= 0.3 is 12.1 Å². The van der Waals surface area contributed by atoms with Crippen molar-refractivity contribution >= 4 is 5.97 Å². The van der Waals surface area contributed by atoms with Crippen LogP contribution in [0.3, 0.4) is 0 Å². The van der Waals surface area contributed by atoms with E-state index in [0.29, 0.717) is 11.3 Å². The molecule has 0 fully saturated rings. The van der Waals surface area contributed by atoms with Gasteiger partial charge in [0.2, 0.25) is 0 Å². The molecule has 0 bridgehead atoms. The summed E-state index contributed by atoms with van der Waals surface area (Å²) in [7, 11) is 1.46. The number of ether oxygens (including phenoxy) is 2. The van der Waals surface area contributed by atoms with Crippen molar-refractivity contribution in [3.63, 3.8) is 0 Å². The van der Waals surface area contributed by atoms with Crippen LogP contribution in [-0.2, 0) is 17.5 Å². The van der Waals surface area contributed by atoms with E-state index in [0.717, 1.165) is 4.68 Å². The summed E-state index contributed by atoms with van der Waals surface area (Å²) < 4.78 is 81.6. The molecule has 3 aromatic rings. The van der Waals surface area contributed by atoms with Crippen LogP contribution >= 0.6 is 0 Å². The summed E-state index contributed by atoms with van der Waals surface area (Å²) in [5.41, 5.74) is -2.36. The molecule has 1 heterocycles. The fourth-order valence-electron chi connectivity index (χ4n) is 3.64. The number of methoxy groups -OCH3 is 1. The quantitative estimate of drug-likeness (QED) is 0.394. The monoisotopic (exact) mass is 452 g/mol. The first-order chi connectivity index (χ1) is 15.2. The van der Waals surface area contributed by atoms with Crippen LogP contribution in [0.2, 0.25) is 0 Å². The van der Waals surface area contributed by atoms with Gasteiger partial charge in [-0.15, -0.1) is 0 Å².